The molecule has 1 saturated heterocycles. The van der Waals surface area contributed by atoms with Crippen LogP contribution in [0.5, 0.6) is 0 Å². The number of carbonyl (C=O) groups excluding carboxylic acids is 1. The lowest BCUT2D eigenvalue weighted by molar-refractivity contribution is -0.133. The fourth-order valence-corrected chi connectivity index (χ4v) is 3.00. The summed E-state index contributed by atoms with van der Waals surface area (Å²) in [5.41, 5.74) is 0. The minimum atomic E-state index is -0.434. The van der Waals surface area contributed by atoms with Gasteiger partial charge in [0.15, 0.2) is 0 Å². The van der Waals surface area contributed by atoms with Crippen molar-refractivity contribution in [3.63, 3.8) is 0 Å². The lowest BCUT2D eigenvalue weighted by Gasteiger charge is -2.36. The molecule has 0 aromatic heterocycles. The van der Waals surface area contributed by atoms with Crippen LogP contribution in [-0.4, -0.2) is 72.9 Å². The lowest BCUT2D eigenvalue weighted by atomic mass is 10.0. The van der Waals surface area contributed by atoms with E-state index in [9.17, 15) is 9.90 Å². The molecule has 1 fully saturated rings. The molecule has 1 aliphatic carbocycles. The summed E-state index contributed by atoms with van der Waals surface area (Å²) >= 11 is 0. The van der Waals surface area contributed by atoms with E-state index >= 15 is 0 Å². The van der Waals surface area contributed by atoms with E-state index in [2.05, 4.69) is 17.1 Å². The molecule has 2 rings (SSSR count). The van der Waals surface area contributed by atoms with E-state index in [4.69, 9.17) is 4.74 Å². The van der Waals surface area contributed by atoms with Crippen LogP contribution in [0.4, 0.5) is 0 Å². The predicted octanol–water partition coefficient (Wildman–Crippen LogP) is 0.884. The third-order valence-electron chi connectivity index (χ3n) is 4.26. The number of hydrogen-bond acceptors (Lipinski definition) is 4. The molecule has 1 heterocycles. The zero-order chi connectivity index (χ0) is 15.1. The molecule has 1 amide bonds. The van der Waals surface area contributed by atoms with Gasteiger partial charge in [0.1, 0.15) is 0 Å². The van der Waals surface area contributed by atoms with Crippen LogP contribution >= 0.6 is 0 Å². The Morgan fingerprint density at radius 2 is 2.14 bits per heavy atom. The Balaban J connectivity index is 1.65. The molecule has 5 nitrogen and oxygen atoms in total. The van der Waals surface area contributed by atoms with Gasteiger partial charge in [-0.05, 0) is 25.7 Å². The zero-order valence-corrected chi connectivity index (χ0v) is 13.0. The minimum Gasteiger partial charge on any atom is -0.389 e. The van der Waals surface area contributed by atoms with Crippen molar-refractivity contribution in [1.82, 2.24) is 9.80 Å². The summed E-state index contributed by atoms with van der Waals surface area (Å²) in [6.45, 7) is 6.82. The summed E-state index contributed by atoms with van der Waals surface area (Å²) in [6, 6.07) is 0. The molecule has 5 heteroatoms. The van der Waals surface area contributed by atoms with Gasteiger partial charge in [0, 0.05) is 45.8 Å². The first-order valence-electron chi connectivity index (χ1n) is 8.11. The Labute approximate surface area is 127 Å². The summed E-state index contributed by atoms with van der Waals surface area (Å²) in [5.74, 6) is 0.726. The van der Waals surface area contributed by atoms with Crippen molar-refractivity contribution in [3.8, 4) is 0 Å². The van der Waals surface area contributed by atoms with Crippen LogP contribution in [-0.2, 0) is 9.53 Å². The monoisotopic (exact) mass is 296 g/mol. The first kappa shape index (κ1) is 16.5. The van der Waals surface area contributed by atoms with Crippen LogP contribution in [0.15, 0.2) is 12.2 Å². The number of hydrogen-bond donors (Lipinski definition) is 1. The molecular formula is C16H28N2O3. The van der Waals surface area contributed by atoms with Crippen molar-refractivity contribution in [2.75, 3.05) is 45.9 Å². The number of amides is 1. The van der Waals surface area contributed by atoms with E-state index in [1.165, 1.54) is 0 Å². The number of carbonyl (C=O) groups is 1. The summed E-state index contributed by atoms with van der Waals surface area (Å²) in [7, 11) is 0. The Kier molecular flexibility index (Phi) is 6.67. The first-order valence-corrected chi connectivity index (χ1v) is 8.11. The normalized spacial score (nSPS) is 24.5. The number of aliphatic hydroxyl groups excluding tert-OH is 1. The van der Waals surface area contributed by atoms with E-state index < -0.39 is 6.10 Å². The van der Waals surface area contributed by atoms with Gasteiger partial charge in [-0.15, -0.1) is 0 Å². The van der Waals surface area contributed by atoms with Crippen LogP contribution in [0.3, 0.4) is 0 Å². The van der Waals surface area contributed by atoms with Crippen molar-refractivity contribution < 1.29 is 14.6 Å². The second-order valence-electron chi connectivity index (χ2n) is 5.96. The van der Waals surface area contributed by atoms with Gasteiger partial charge in [-0.2, -0.15) is 0 Å². The van der Waals surface area contributed by atoms with Gasteiger partial charge in [-0.1, -0.05) is 12.2 Å². The summed E-state index contributed by atoms with van der Waals surface area (Å²) < 4.78 is 5.22. The lowest BCUT2D eigenvalue weighted by Crippen LogP contribution is -2.51. The zero-order valence-electron chi connectivity index (χ0n) is 13.0. The van der Waals surface area contributed by atoms with Gasteiger partial charge in [0.05, 0.1) is 12.7 Å². The highest BCUT2D eigenvalue weighted by Gasteiger charge is 2.24. The molecule has 0 radical (unpaired) electrons. The first-order chi connectivity index (χ1) is 10.2. The fourth-order valence-electron chi connectivity index (χ4n) is 3.00. The maximum atomic E-state index is 12.2. The van der Waals surface area contributed by atoms with Gasteiger partial charge >= 0.3 is 0 Å². The van der Waals surface area contributed by atoms with Crippen LogP contribution in [0, 0.1) is 5.92 Å². The topological polar surface area (TPSA) is 53.0 Å². The van der Waals surface area contributed by atoms with Gasteiger partial charge in [0.25, 0.3) is 0 Å². The van der Waals surface area contributed by atoms with Gasteiger partial charge in [0.2, 0.25) is 5.91 Å². The van der Waals surface area contributed by atoms with Gasteiger partial charge in [-0.3, -0.25) is 9.69 Å². The molecule has 1 aliphatic heterocycles. The maximum absolute atomic E-state index is 12.2. The summed E-state index contributed by atoms with van der Waals surface area (Å²) in [5, 5.41) is 9.84. The molecule has 2 aliphatic rings. The Morgan fingerprint density at radius 3 is 2.76 bits per heavy atom. The van der Waals surface area contributed by atoms with E-state index in [1.807, 2.05) is 11.8 Å². The number of piperazine rings is 1. The second kappa shape index (κ2) is 8.51. The molecule has 0 unspecified atom stereocenters. The largest absolute Gasteiger partial charge is 0.389 e. The van der Waals surface area contributed by atoms with Crippen LogP contribution in [0.1, 0.15) is 26.2 Å². The number of rotatable bonds is 7. The van der Waals surface area contributed by atoms with Gasteiger partial charge in [-0.25, -0.2) is 0 Å². The van der Waals surface area contributed by atoms with Gasteiger partial charge < -0.3 is 14.7 Å². The molecule has 21 heavy (non-hydrogen) atoms. The summed E-state index contributed by atoms with van der Waals surface area (Å²) in [4.78, 5) is 16.4. The van der Waals surface area contributed by atoms with Crippen molar-refractivity contribution in [2.45, 2.75) is 32.3 Å². The van der Waals surface area contributed by atoms with Crippen molar-refractivity contribution in [1.29, 1.82) is 0 Å². The smallest absolute Gasteiger partial charge is 0.223 e. The fraction of sp³-hybridized carbons (Fsp3) is 0.812. The molecule has 1 N–H and O–H groups in total. The summed E-state index contributed by atoms with van der Waals surface area (Å²) in [6.07, 6.45) is 6.81. The van der Waals surface area contributed by atoms with Crippen molar-refractivity contribution in [3.05, 3.63) is 12.2 Å². The Morgan fingerprint density at radius 1 is 1.38 bits per heavy atom. The molecule has 0 spiro atoms. The third kappa shape index (κ3) is 5.41. The third-order valence-corrected chi connectivity index (χ3v) is 4.26. The molecular weight excluding hydrogens is 268 g/mol. The van der Waals surface area contributed by atoms with Crippen LogP contribution in [0.2, 0.25) is 0 Å². The standard InChI is InChI=1S/C16H28N2O3/c1-2-21-13-15(19)12-17-7-9-18(10-8-17)16(20)11-14-5-3-4-6-14/h3,5,14-15,19H,2,4,6-13H2,1H3/t14-,15+/m0/s1. The Bertz CT molecular complexity index is 351. The van der Waals surface area contributed by atoms with E-state index in [-0.39, 0.29) is 5.91 Å². The molecule has 0 aromatic rings. The quantitative estimate of drug-likeness (QED) is 0.709. The predicted molar refractivity (Wildman–Crippen MR) is 82.0 cm³/mol. The van der Waals surface area contributed by atoms with E-state index in [0.717, 1.165) is 39.0 Å². The molecule has 0 bridgehead atoms. The van der Waals surface area contributed by atoms with Crippen LogP contribution in [0.25, 0.3) is 0 Å². The molecule has 0 saturated carbocycles. The number of aliphatic hydroxyl groups is 1. The highest BCUT2D eigenvalue weighted by Crippen LogP contribution is 2.21. The highest BCUT2D eigenvalue weighted by molar-refractivity contribution is 5.76. The van der Waals surface area contributed by atoms with E-state index in [1.54, 1.807) is 0 Å². The SMILES string of the molecule is CCOC[C@H](O)CN1CCN(C(=O)C[C@H]2C=CCC2)CC1. The molecule has 0 aromatic carbocycles. The average molecular weight is 296 g/mol. The van der Waals surface area contributed by atoms with Crippen molar-refractivity contribution in [2.24, 2.45) is 5.92 Å². The van der Waals surface area contributed by atoms with Crippen LogP contribution < -0.4 is 0 Å². The molecule has 120 valence electrons. The Hall–Kier alpha value is -0.910. The number of β-amino-alcohol motifs (C(OH)–C–C–N with tert-alkyl or cyclic N) is 1. The number of nitrogens with zero attached hydrogens (tertiary/aromatic N) is 2. The maximum Gasteiger partial charge on any atom is 0.223 e. The average Bonchev–Trinajstić information content (AvgIpc) is 2.98. The highest BCUT2D eigenvalue weighted by atomic mass is 16.5. The van der Waals surface area contributed by atoms with Crippen molar-refractivity contribution >= 4 is 5.91 Å². The second-order valence-corrected chi connectivity index (χ2v) is 5.96. The number of allylic oxidation sites excluding steroid dienone is 2. The number of ether oxygens (including phenoxy) is 1. The minimum absolute atomic E-state index is 0.279. The van der Waals surface area contributed by atoms with E-state index in [0.29, 0.717) is 32.1 Å². The molecule has 2 atom stereocenters.